The fourth-order valence-electron chi connectivity index (χ4n) is 6.58. The third-order valence-corrected chi connectivity index (χ3v) is 10.4. The molecule has 4 unspecified atom stereocenters. The van der Waals surface area contributed by atoms with Crippen molar-refractivity contribution in [3.8, 4) is 33.7 Å². The van der Waals surface area contributed by atoms with E-state index in [1.165, 1.54) is 0 Å². The monoisotopic (exact) mass is 725 g/mol. The topological polar surface area (TPSA) is 106 Å². The van der Waals surface area contributed by atoms with Crippen molar-refractivity contribution in [3.63, 3.8) is 0 Å². The zero-order chi connectivity index (χ0) is 36.6. The number of hydrogen-bond acceptors (Lipinski definition) is 7. The van der Waals surface area contributed by atoms with Crippen molar-refractivity contribution in [2.24, 2.45) is 5.92 Å². The van der Waals surface area contributed by atoms with Gasteiger partial charge in [0.15, 0.2) is 12.1 Å². The molecule has 0 spiro atoms. The van der Waals surface area contributed by atoms with E-state index in [4.69, 9.17) is 18.9 Å². The van der Waals surface area contributed by atoms with E-state index in [-0.39, 0.29) is 30.8 Å². The maximum absolute atomic E-state index is 12.1. The Bertz CT molecular complexity index is 2030. The molecule has 5 aromatic carbocycles. The molecule has 53 heavy (non-hydrogen) atoms. The number of aliphatic hydroxyl groups is 1. The van der Waals surface area contributed by atoms with E-state index in [1.807, 2.05) is 122 Å². The molecule has 8 nitrogen and oxygen atoms in total. The number of thioether (sulfide) groups is 1. The molecule has 1 fully saturated rings. The molecule has 6 aromatic rings. The molecule has 3 N–H and O–H groups in total. The summed E-state index contributed by atoms with van der Waals surface area (Å²) < 4.78 is 19.9. The SMILES string of the molecule is CCNC(=O)NCc1ccccc1-c1ccc(C2OC(CSc3nc(-c4ccccc4)c(-c4ccccc4)o3)C(C)C(c3ccc(CO)cc3)O2)cc1. The number of amides is 2. The van der Waals surface area contributed by atoms with Gasteiger partial charge in [0.25, 0.3) is 5.22 Å². The van der Waals surface area contributed by atoms with Crippen molar-refractivity contribution >= 4 is 17.8 Å². The number of nitrogens with zero attached hydrogens (tertiary/aromatic N) is 1. The van der Waals surface area contributed by atoms with Gasteiger partial charge in [0.05, 0.1) is 18.8 Å². The number of ether oxygens (including phenoxy) is 2. The lowest BCUT2D eigenvalue weighted by atomic mass is 9.91. The minimum Gasteiger partial charge on any atom is -0.431 e. The number of nitrogens with one attached hydrogen (secondary N) is 2. The van der Waals surface area contributed by atoms with Gasteiger partial charge in [-0.25, -0.2) is 9.78 Å². The summed E-state index contributed by atoms with van der Waals surface area (Å²) in [7, 11) is 0. The van der Waals surface area contributed by atoms with Gasteiger partial charge in [-0.05, 0) is 34.7 Å². The van der Waals surface area contributed by atoms with Crippen LogP contribution in [0.4, 0.5) is 4.79 Å². The highest BCUT2D eigenvalue weighted by Gasteiger charge is 2.38. The normalized spacial score (nSPS) is 18.4. The van der Waals surface area contributed by atoms with E-state index in [1.54, 1.807) is 11.8 Å². The van der Waals surface area contributed by atoms with Gasteiger partial charge in [0, 0.05) is 41.5 Å². The van der Waals surface area contributed by atoms with Crippen molar-refractivity contribution in [2.45, 2.75) is 50.7 Å². The summed E-state index contributed by atoms with van der Waals surface area (Å²) in [5, 5.41) is 16.0. The van der Waals surface area contributed by atoms with E-state index in [9.17, 15) is 9.90 Å². The van der Waals surface area contributed by atoms with Crippen molar-refractivity contribution in [3.05, 3.63) is 156 Å². The van der Waals surface area contributed by atoms with Gasteiger partial charge < -0.3 is 29.6 Å². The lowest BCUT2D eigenvalue weighted by Gasteiger charge is -2.41. The van der Waals surface area contributed by atoms with Gasteiger partial charge in [-0.3, -0.25) is 0 Å². The van der Waals surface area contributed by atoms with E-state index in [2.05, 4.69) is 35.8 Å². The van der Waals surface area contributed by atoms with Crippen LogP contribution in [0.3, 0.4) is 0 Å². The molecule has 4 atom stereocenters. The molecule has 0 aliphatic carbocycles. The highest BCUT2D eigenvalue weighted by atomic mass is 32.2. The number of urea groups is 1. The van der Waals surface area contributed by atoms with Gasteiger partial charge in [-0.15, -0.1) is 0 Å². The summed E-state index contributed by atoms with van der Waals surface area (Å²) in [5.41, 5.74) is 8.64. The van der Waals surface area contributed by atoms with E-state index < -0.39 is 6.29 Å². The standard InChI is InChI=1S/C44H43N3O5S/c1-3-45-43(49)46-26-36-16-10-11-17-37(36)31-22-24-35(25-23-31)42-50-38(29(2)40(51-42)34-20-18-30(27-48)19-21-34)28-53-44-47-39(32-12-6-4-7-13-32)41(52-44)33-14-8-5-9-15-33/h4-25,29,38,40,42,48H,3,26-28H2,1-2H3,(H2,45,46,49). The third kappa shape index (κ3) is 8.56. The van der Waals surface area contributed by atoms with E-state index in [0.29, 0.717) is 24.1 Å². The van der Waals surface area contributed by atoms with Crippen molar-refractivity contribution < 1.29 is 23.8 Å². The molecule has 0 bridgehead atoms. The number of aliphatic hydroxyl groups excluding tert-OH is 1. The number of hydrogen-bond donors (Lipinski definition) is 3. The van der Waals surface area contributed by atoms with Crippen LogP contribution in [-0.2, 0) is 22.6 Å². The zero-order valence-electron chi connectivity index (χ0n) is 29.8. The molecule has 1 saturated heterocycles. The van der Waals surface area contributed by atoms with Crippen LogP contribution < -0.4 is 10.6 Å². The zero-order valence-corrected chi connectivity index (χ0v) is 30.6. The Kier molecular flexibility index (Phi) is 11.7. The Hall–Kier alpha value is -5.19. The average Bonchev–Trinajstić information content (AvgIpc) is 3.65. The molecule has 7 rings (SSSR count). The Morgan fingerprint density at radius 2 is 1.42 bits per heavy atom. The largest absolute Gasteiger partial charge is 0.431 e. The maximum Gasteiger partial charge on any atom is 0.315 e. The lowest BCUT2D eigenvalue weighted by Crippen LogP contribution is -2.38. The number of aromatic nitrogens is 1. The molecule has 0 saturated carbocycles. The van der Waals surface area contributed by atoms with Crippen LogP contribution in [0.25, 0.3) is 33.7 Å². The van der Waals surface area contributed by atoms with E-state index in [0.717, 1.165) is 56.0 Å². The smallest absolute Gasteiger partial charge is 0.315 e. The third-order valence-electron chi connectivity index (χ3n) is 9.47. The molecular weight excluding hydrogens is 683 g/mol. The summed E-state index contributed by atoms with van der Waals surface area (Å²) in [6.45, 7) is 5.01. The van der Waals surface area contributed by atoms with Crippen LogP contribution in [0.1, 0.15) is 48.5 Å². The Morgan fingerprint density at radius 1 is 0.755 bits per heavy atom. The molecule has 1 aromatic heterocycles. The first-order valence-corrected chi connectivity index (χ1v) is 18.9. The van der Waals surface area contributed by atoms with Gasteiger partial charge in [-0.1, -0.05) is 152 Å². The first kappa shape index (κ1) is 36.2. The molecule has 2 amide bonds. The Labute approximate surface area is 314 Å². The number of benzene rings is 5. The summed E-state index contributed by atoms with van der Waals surface area (Å²) in [6.07, 6.45) is -1.07. The summed E-state index contributed by atoms with van der Waals surface area (Å²) in [5.74, 6) is 1.33. The molecule has 0 radical (unpaired) electrons. The molecule has 1 aliphatic rings. The Balaban J connectivity index is 1.14. The second-order valence-electron chi connectivity index (χ2n) is 13.0. The summed E-state index contributed by atoms with van der Waals surface area (Å²) in [4.78, 5) is 17.1. The quantitative estimate of drug-likeness (QED) is 0.108. The highest BCUT2D eigenvalue weighted by Crippen LogP contribution is 2.44. The van der Waals surface area contributed by atoms with Crippen LogP contribution >= 0.6 is 11.8 Å². The number of oxazole rings is 1. The van der Waals surface area contributed by atoms with Crippen LogP contribution in [0.5, 0.6) is 0 Å². The predicted molar refractivity (Wildman–Crippen MR) is 209 cm³/mol. The lowest BCUT2D eigenvalue weighted by molar-refractivity contribution is -0.268. The first-order valence-electron chi connectivity index (χ1n) is 18.0. The minimum absolute atomic E-state index is 0.000523. The molecule has 9 heteroatoms. The van der Waals surface area contributed by atoms with E-state index >= 15 is 0 Å². The van der Waals surface area contributed by atoms with Crippen LogP contribution in [0, 0.1) is 5.92 Å². The highest BCUT2D eigenvalue weighted by molar-refractivity contribution is 7.99. The van der Waals surface area contributed by atoms with Crippen molar-refractivity contribution in [1.29, 1.82) is 0 Å². The average molecular weight is 726 g/mol. The van der Waals surface area contributed by atoms with Gasteiger partial charge in [0.1, 0.15) is 5.69 Å². The maximum atomic E-state index is 12.1. The fraction of sp³-hybridized carbons (Fsp3) is 0.227. The van der Waals surface area contributed by atoms with Gasteiger partial charge in [0.2, 0.25) is 0 Å². The van der Waals surface area contributed by atoms with Gasteiger partial charge >= 0.3 is 6.03 Å². The number of carbonyl (C=O) groups excluding carboxylic acids is 1. The minimum atomic E-state index is -0.618. The second-order valence-corrected chi connectivity index (χ2v) is 14.0. The molecule has 1 aliphatic heterocycles. The van der Waals surface area contributed by atoms with Crippen LogP contribution in [0.2, 0.25) is 0 Å². The van der Waals surface area contributed by atoms with Gasteiger partial charge in [-0.2, -0.15) is 0 Å². The first-order chi connectivity index (χ1) is 26.0. The fourth-order valence-corrected chi connectivity index (χ4v) is 7.56. The number of rotatable bonds is 12. The van der Waals surface area contributed by atoms with Crippen molar-refractivity contribution in [2.75, 3.05) is 12.3 Å². The molecule has 270 valence electrons. The second kappa shape index (κ2) is 17.1. The predicted octanol–water partition coefficient (Wildman–Crippen LogP) is 9.57. The summed E-state index contributed by atoms with van der Waals surface area (Å²) in [6, 6.07) is 44.2. The van der Waals surface area contributed by atoms with Crippen LogP contribution in [-0.4, -0.2) is 34.5 Å². The van der Waals surface area contributed by atoms with Crippen molar-refractivity contribution in [1.82, 2.24) is 15.6 Å². The summed E-state index contributed by atoms with van der Waals surface area (Å²) >= 11 is 1.54. The molecular formula is C44H43N3O5S. The Morgan fingerprint density at radius 3 is 2.11 bits per heavy atom. The molecule has 2 heterocycles. The van der Waals surface area contributed by atoms with Crippen LogP contribution in [0.15, 0.2) is 143 Å². The number of carbonyl (C=O) groups is 1.